The summed E-state index contributed by atoms with van der Waals surface area (Å²) in [4.78, 5) is 26.2. The van der Waals surface area contributed by atoms with Gasteiger partial charge >= 0.3 is 0 Å². The van der Waals surface area contributed by atoms with E-state index < -0.39 is 0 Å². The highest BCUT2D eigenvalue weighted by molar-refractivity contribution is 5.92. The average molecular weight is 333 g/mol. The van der Waals surface area contributed by atoms with Gasteiger partial charge in [0.2, 0.25) is 11.8 Å². The Bertz CT molecular complexity index is 514. The summed E-state index contributed by atoms with van der Waals surface area (Å²) in [7, 11) is 1.66. The van der Waals surface area contributed by atoms with Crippen LogP contribution >= 0.6 is 0 Å². The minimum atomic E-state index is -0.0105. The Labute approximate surface area is 143 Å². The lowest BCUT2D eigenvalue weighted by atomic mass is 9.96. The van der Waals surface area contributed by atoms with Gasteiger partial charge in [-0.1, -0.05) is 18.2 Å². The van der Waals surface area contributed by atoms with Crippen LogP contribution in [0.2, 0.25) is 0 Å². The monoisotopic (exact) mass is 333 g/mol. The lowest BCUT2D eigenvalue weighted by molar-refractivity contribution is -0.126. The van der Waals surface area contributed by atoms with Gasteiger partial charge in [-0.05, 0) is 44.5 Å². The van der Waals surface area contributed by atoms with E-state index in [0.29, 0.717) is 19.7 Å². The third-order valence-electron chi connectivity index (χ3n) is 4.21. The van der Waals surface area contributed by atoms with Crippen molar-refractivity contribution in [3.63, 3.8) is 0 Å². The van der Waals surface area contributed by atoms with Gasteiger partial charge in [-0.2, -0.15) is 0 Å². The molecule has 6 heteroatoms. The van der Waals surface area contributed by atoms with E-state index in [9.17, 15) is 9.59 Å². The molecule has 1 fully saturated rings. The molecule has 1 aliphatic rings. The maximum absolute atomic E-state index is 12.1. The molecular weight excluding hydrogens is 306 g/mol. The van der Waals surface area contributed by atoms with Crippen LogP contribution in [-0.2, 0) is 14.3 Å². The number of hydrogen-bond donors (Lipinski definition) is 2. The zero-order chi connectivity index (χ0) is 17.2. The van der Waals surface area contributed by atoms with Crippen molar-refractivity contribution < 1.29 is 14.3 Å². The lowest BCUT2D eigenvalue weighted by Crippen LogP contribution is -2.43. The Kier molecular flexibility index (Phi) is 7.71. The quantitative estimate of drug-likeness (QED) is 0.707. The van der Waals surface area contributed by atoms with Gasteiger partial charge in [-0.15, -0.1) is 0 Å². The first-order chi connectivity index (χ1) is 11.7. The van der Waals surface area contributed by atoms with Crippen LogP contribution in [0.3, 0.4) is 0 Å². The molecule has 0 aliphatic carbocycles. The molecule has 1 saturated heterocycles. The third kappa shape index (κ3) is 6.29. The fraction of sp³-hybridized carbons (Fsp3) is 0.556. The summed E-state index contributed by atoms with van der Waals surface area (Å²) in [5, 5.41) is 5.85. The Balaban J connectivity index is 1.65. The van der Waals surface area contributed by atoms with Crippen LogP contribution < -0.4 is 10.6 Å². The highest BCUT2D eigenvalue weighted by Crippen LogP contribution is 2.17. The number of anilines is 1. The van der Waals surface area contributed by atoms with E-state index in [-0.39, 0.29) is 17.7 Å². The van der Waals surface area contributed by atoms with Gasteiger partial charge in [0.15, 0.2) is 0 Å². The van der Waals surface area contributed by atoms with Crippen molar-refractivity contribution in [2.75, 3.05) is 45.2 Å². The normalized spacial score (nSPS) is 15.9. The largest absolute Gasteiger partial charge is 0.385 e. The van der Waals surface area contributed by atoms with Crippen LogP contribution in [0, 0.1) is 5.92 Å². The average Bonchev–Trinajstić information content (AvgIpc) is 2.60. The molecule has 2 rings (SSSR count). The number of piperidine rings is 1. The zero-order valence-corrected chi connectivity index (χ0v) is 14.3. The van der Waals surface area contributed by atoms with Gasteiger partial charge in [0.1, 0.15) is 0 Å². The first-order valence-corrected chi connectivity index (χ1v) is 8.53. The summed E-state index contributed by atoms with van der Waals surface area (Å²) >= 11 is 0. The van der Waals surface area contributed by atoms with Crippen LogP contribution in [0.25, 0.3) is 0 Å². The van der Waals surface area contributed by atoms with Crippen molar-refractivity contribution in [1.82, 2.24) is 10.2 Å². The molecule has 1 aromatic carbocycles. The van der Waals surface area contributed by atoms with E-state index in [1.54, 1.807) is 7.11 Å². The molecule has 1 heterocycles. The SMILES string of the molecule is COCCCNC(=O)C1CCN(CC(=O)Nc2ccccc2)CC1. The standard InChI is InChI=1S/C18H27N3O3/c1-24-13-5-10-19-18(23)15-8-11-21(12-9-15)14-17(22)20-16-6-3-2-4-7-16/h2-4,6-7,15H,5,8-14H2,1H3,(H,19,23)(H,20,22). The number of benzene rings is 1. The molecule has 0 unspecified atom stereocenters. The summed E-state index contributed by atoms with van der Waals surface area (Å²) in [6.07, 6.45) is 2.43. The molecule has 6 nitrogen and oxygen atoms in total. The predicted molar refractivity (Wildman–Crippen MR) is 93.7 cm³/mol. The minimum absolute atomic E-state index is 0.0105. The van der Waals surface area contributed by atoms with E-state index >= 15 is 0 Å². The van der Waals surface area contributed by atoms with Crippen LogP contribution in [0.15, 0.2) is 30.3 Å². The van der Waals surface area contributed by atoms with Crippen molar-refractivity contribution in [2.24, 2.45) is 5.92 Å². The smallest absolute Gasteiger partial charge is 0.238 e. The number of nitrogens with one attached hydrogen (secondary N) is 2. The fourth-order valence-electron chi connectivity index (χ4n) is 2.85. The van der Waals surface area contributed by atoms with E-state index in [2.05, 4.69) is 15.5 Å². The van der Waals surface area contributed by atoms with E-state index in [1.807, 2.05) is 30.3 Å². The van der Waals surface area contributed by atoms with E-state index in [1.165, 1.54) is 0 Å². The number of methoxy groups -OCH3 is 1. The first-order valence-electron chi connectivity index (χ1n) is 8.53. The molecule has 0 bridgehead atoms. The second-order valence-corrected chi connectivity index (χ2v) is 6.10. The Hall–Kier alpha value is -1.92. The Morgan fingerprint density at radius 2 is 1.92 bits per heavy atom. The summed E-state index contributed by atoms with van der Waals surface area (Å²) in [6, 6.07) is 9.45. The Morgan fingerprint density at radius 1 is 1.21 bits per heavy atom. The third-order valence-corrected chi connectivity index (χ3v) is 4.21. The molecule has 24 heavy (non-hydrogen) atoms. The molecule has 1 aromatic rings. The highest BCUT2D eigenvalue weighted by atomic mass is 16.5. The number of carbonyl (C=O) groups is 2. The van der Waals surface area contributed by atoms with Crippen molar-refractivity contribution in [1.29, 1.82) is 0 Å². The topological polar surface area (TPSA) is 70.7 Å². The lowest BCUT2D eigenvalue weighted by Gasteiger charge is -2.30. The number of hydrogen-bond acceptors (Lipinski definition) is 4. The maximum Gasteiger partial charge on any atom is 0.238 e. The zero-order valence-electron chi connectivity index (χ0n) is 14.3. The van der Waals surface area contributed by atoms with Crippen LogP contribution in [0.4, 0.5) is 5.69 Å². The van der Waals surface area contributed by atoms with Crippen molar-refractivity contribution >= 4 is 17.5 Å². The number of para-hydroxylation sites is 1. The number of likely N-dealkylation sites (tertiary alicyclic amines) is 1. The van der Waals surface area contributed by atoms with Crippen LogP contribution in [0.5, 0.6) is 0 Å². The van der Waals surface area contributed by atoms with E-state index in [0.717, 1.165) is 38.0 Å². The molecule has 2 amide bonds. The van der Waals surface area contributed by atoms with Crippen LogP contribution in [0.1, 0.15) is 19.3 Å². The molecule has 0 aromatic heterocycles. The molecule has 0 saturated carbocycles. The van der Waals surface area contributed by atoms with Gasteiger partial charge in [0.05, 0.1) is 6.54 Å². The fourth-order valence-corrected chi connectivity index (χ4v) is 2.85. The molecule has 0 atom stereocenters. The number of carbonyl (C=O) groups excluding carboxylic acids is 2. The summed E-state index contributed by atoms with van der Waals surface area (Å²) in [6.45, 7) is 3.25. The second kappa shape index (κ2) is 10.1. The number of ether oxygens (including phenoxy) is 1. The van der Waals surface area contributed by atoms with Gasteiger partial charge in [0.25, 0.3) is 0 Å². The van der Waals surface area contributed by atoms with Gasteiger partial charge in [-0.3, -0.25) is 14.5 Å². The first kappa shape index (κ1) is 18.4. The molecule has 2 N–H and O–H groups in total. The molecule has 132 valence electrons. The number of nitrogens with zero attached hydrogens (tertiary/aromatic N) is 1. The van der Waals surface area contributed by atoms with Crippen LogP contribution in [-0.4, -0.2) is 56.6 Å². The summed E-state index contributed by atoms with van der Waals surface area (Å²) < 4.78 is 4.97. The van der Waals surface area contributed by atoms with Crippen molar-refractivity contribution in [3.8, 4) is 0 Å². The number of rotatable bonds is 8. The predicted octanol–water partition coefficient (Wildman–Crippen LogP) is 1.49. The number of amides is 2. The molecular formula is C18H27N3O3. The Morgan fingerprint density at radius 3 is 2.58 bits per heavy atom. The van der Waals surface area contributed by atoms with Gasteiger partial charge in [0, 0.05) is 31.9 Å². The van der Waals surface area contributed by atoms with E-state index in [4.69, 9.17) is 4.74 Å². The van der Waals surface area contributed by atoms with Gasteiger partial charge in [-0.25, -0.2) is 0 Å². The van der Waals surface area contributed by atoms with Crippen molar-refractivity contribution in [2.45, 2.75) is 19.3 Å². The highest BCUT2D eigenvalue weighted by Gasteiger charge is 2.25. The summed E-state index contributed by atoms with van der Waals surface area (Å²) in [5.41, 5.74) is 0.813. The maximum atomic E-state index is 12.1. The van der Waals surface area contributed by atoms with Crippen molar-refractivity contribution in [3.05, 3.63) is 30.3 Å². The minimum Gasteiger partial charge on any atom is -0.385 e. The molecule has 0 spiro atoms. The molecule has 1 aliphatic heterocycles. The second-order valence-electron chi connectivity index (χ2n) is 6.10. The summed E-state index contributed by atoms with van der Waals surface area (Å²) in [5.74, 6) is 0.170. The molecule has 0 radical (unpaired) electrons. The van der Waals surface area contributed by atoms with Gasteiger partial charge < -0.3 is 15.4 Å².